The van der Waals surface area contributed by atoms with Gasteiger partial charge in [-0.05, 0) is 6.42 Å². The largest absolute Gasteiger partial charge is 0.337 e. The Kier molecular flexibility index (Phi) is 3.44. The van der Waals surface area contributed by atoms with Crippen molar-refractivity contribution in [3.8, 4) is 0 Å². The van der Waals surface area contributed by atoms with E-state index in [2.05, 4.69) is 4.98 Å². The predicted molar refractivity (Wildman–Crippen MR) is 55.9 cm³/mol. The SMILES string of the molecule is CC(C)(C)C(=O)CCCn1ccnc1. The number of carbonyl (C=O) groups is 1. The summed E-state index contributed by atoms with van der Waals surface area (Å²) in [6.07, 6.45) is 7.00. The quantitative estimate of drug-likeness (QED) is 0.737. The van der Waals surface area contributed by atoms with Gasteiger partial charge >= 0.3 is 0 Å². The molecule has 0 unspecified atom stereocenters. The van der Waals surface area contributed by atoms with Crippen molar-refractivity contribution < 1.29 is 4.79 Å². The van der Waals surface area contributed by atoms with Gasteiger partial charge in [0.1, 0.15) is 5.78 Å². The van der Waals surface area contributed by atoms with Gasteiger partial charge in [-0.25, -0.2) is 4.98 Å². The predicted octanol–water partition coefficient (Wildman–Crippen LogP) is 2.28. The Labute approximate surface area is 85.2 Å². The number of aromatic nitrogens is 2. The van der Waals surface area contributed by atoms with Crippen LogP contribution in [0.1, 0.15) is 33.6 Å². The molecule has 14 heavy (non-hydrogen) atoms. The molecule has 0 saturated heterocycles. The average molecular weight is 194 g/mol. The lowest BCUT2D eigenvalue weighted by molar-refractivity contribution is -0.126. The third kappa shape index (κ3) is 3.32. The first-order chi connectivity index (χ1) is 6.50. The molecule has 0 aliphatic heterocycles. The topological polar surface area (TPSA) is 34.9 Å². The van der Waals surface area contributed by atoms with E-state index in [1.807, 2.05) is 31.5 Å². The molecule has 1 aromatic heterocycles. The average Bonchev–Trinajstić information content (AvgIpc) is 2.55. The van der Waals surface area contributed by atoms with Crippen molar-refractivity contribution >= 4 is 5.78 Å². The van der Waals surface area contributed by atoms with E-state index < -0.39 is 0 Å². The van der Waals surface area contributed by atoms with Crippen molar-refractivity contribution in [3.63, 3.8) is 0 Å². The normalized spacial score (nSPS) is 11.6. The van der Waals surface area contributed by atoms with E-state index in [0.29, 0.717) is 12.2 Å². The van der Waals surface area contributed by atoms with E-state index >= 15 is 0 Å². The van der Waals surface area contributed by atoms with E-state index in [1.54, 1.807) is 12.5 Å². The van der Waals surface area contributed by atoms with Crippen LogP contribution in [0.2, 0.25) is 0 Å². The van der Waals surface area contributed by atoms with Gasteiger partial charge in [0.2, 0.25) is 0 Å². The molecule has 3 nitrogen and oxygen atoms in total. The number of Topliss-reactive ketones (excluding diaryl/α,β-unsaturated/α-hetero) is 1. The summed E-state index contributed by atoms with van der Waals surface area (Å²) in [6, 6.07) is 0. The minimum absolute atomic E-state index is 0.199. The van der Waals surface area contributed by atoms with Gasteiger partial charge in [0.05, 0.1) is 6.33 Å². The molecule has 0 atom stereocenters. The molecule has 0 bridgehead atoms. The van der Waals surface area contributed by atoms with Crippen molar-refractivity contribution in [2.45, 2.75) is 40.2 Å². The zero-order valence-corrected chi connectivity index (χ0v) is 9.16. The number of carbonyl (C=O) groups excluding carboxylic acids is 1. The summed E-state index contributed by atoms with van der Waals surface area (Å²) >= 11 is 0. The third-order valence-corrected chi connectivity index (χ3v) is 2.22. The molecule has 0 saturated carbocycles. The highest BCUT2D eigenvalue weighted by Gasteiger charge is 2.19. The third-order valence-electron chi connectivity index (χ3n) is 2.22. The van der Waals surface area contributed by atoms with Gasteiger partial charge in [-0.1, -0.05) is 20.8 Å². The maximum Gasteiger partial charge on any atom is 0.138 e. The number of ketones is 1. The van der Waals surface area contributed by atoms with Crippen LogP contribution in [0.25, 0.3) is 0 Å². The summed E-state index contributed by atoms with van der Waals surface area (Å²) in [5.74, 6) is 0.331. The van der Waals surface area contributed by atoms with Gasteiger partial charge < -0.3 is 4.57 Å². The first kappa shape index (κ1) is 11.0. The van der Waals surface area contributed by atoms with Crippen LogP contribution in [0, 0.1) is 5.41 Å². The summed E-state index contributed by atoms with van der Waals surface area (Å²) in [5, 5.41) is 0. The minimum Gasteiger partial charge on any atom is -0.337 e. The molecule has 0 N–H and O–H groups in total. The molecular formula is C11H18N2O. The Morgan fingerprint density at radius 1 is 1.43 bits per heavy atom. The van der Waals surface area contributed by atoms with E-state index in [-0.39, 0.29) is 5.41 Å². The van der Waals surface area contributed by atoms with Crippen LogP contribution in [0.5, 0.6) is 0 Å². The number of hydrogen-bond acceptors (Lipinski definition) is 2. The van der Waals surface area contributed by atoms with Crippen molar-refractivity contribution in [1.82, 2.24) is 9.55 Å². The molecule has 0 radical (unpaired) electrons. The molecule has 1 rings (SSSR count). The van der Waals surface area contributed by atoms with Gasteiger partial charge in [-0.15, -0.1) is 0 Å². The maximum atomic E-state index is 11.6. The molecule has 0 amide bonds. The monoisotopic (exact) mass is 194 g/mol. The van der Waals surface area contributed by atoms with Gasteiger partial charge in [-0.3, -0.25) is 4.79 Å². The molecule has 3 heteroatoms. The summed E-state index contributed by atoms with van der Waals surface area (Å²) in [7, 11) is 0. The Bertz CT molecular complexity index is 283. The summed E-state index contributed by atoms with van der Waals surface area (Å²) in [5.41, 5.74) is -0.199. The number of imidazole rings is 1. The Morgan fingerprint density at radius 3 is 2.64 bits per heavy atom. The number of hydrogen-bond donors (Lipinski definition) is 0. The lowest BCUT2D eigenvalue weighted by atomic mass is 9.88. The fourth-order valence-corrected chi connectivity index (χ4v) is 1.22. The molecule has 0 aromatic carbocycles. The van der Waals surface area contributed by atoms with Crippen LogP contribution in [0.15, 0.2) is 18.7 Å². The van der Waals surface area contributed by atoms with E-state index in [4.69, 9.17) is 0 Å². The van der Waals surface area contributed by atoms with Crippen LogP contribution in [-0.2, 0) is 11.3 Å². The van der Waals surface area contributed by atoms with Crippen LogP contribution in [0.4, 0.5) is 0 Å². The van der Waals surface area contributed by atoms with Crippen LogP contribution >= 0.6 is 0 Å². The molecule has 0 spiro atoms. The molecule has 0 aliphatic carbocycles. The molecule has 1 aromatic rings. The van der Waals surface area contributed by atoms with E-state index in [0.717, 1.165) is 13.0 Å². The highest BCUT2D eigenvalue weighted by atomic mass is 16.1. The van der Waals surface area contributed by atoms with Crippen molar-refractivity contribution in [1.29, 1.82) is 0 Å². The van der Waals surface area contributed by atoms with E-state index in [1.165, 1.54) is 0 Å². The van der Waals surface area contributed by atoms with Crippen molar-refractivity contribution in [3.05, 3.63) is 18.7 Å². The lowest BCUT2D eigenvalue weighted by Crippen LogP contribution is -2.20. The first-order valence-corrected chi connectivity index (χ1v) is 4.99. The first-order valence-electron chi connectivity index (χ1n) is 4.99. The summed E-state index contributed by atoms with van der Waals surface area (Å²) in [6.45, 7) is 6.77. The highest BCUT2D eigenvalue weighted by molar-refractivity contribution is 5.83. The zero-order chi connectivity index (χ0) is 10.6. The fourth-order valence-electron chi connectivity index (χ4n) is 1.22. The van der Waals surface area contributed by atoms with Gasteiger partial charge in [0, 0.05) is 30.8 Å². The lowest BCUT2D eigenvalue weighted by Gasteiger charge is -2.16. The molecule has 1 heterocycles. The van der Waals surface area contributed by atoms with Gasteiger partial charge in [-0.2, -0.15) is 0 Å². The summed E-state index contributed by atoms with van der Waals surface area (Å²) < 4.78 is 2.00. The second kappa shape index (κ2) is 4.40. The maximum absolute atomic E-state index is 11.6. The van der Waals surface area contributed by atoms with Crippen LogP contribution < -0.4 is 0 Å². The Hall–Kier alpha value is -1.12. The number of aryl methyl sites for hydroxylation is 1. The molecule has 0 fully saturated rings. The molecule has 0 aliphatic rings. The molecular weight excluding hydrogens is 176 g/mol. The zero-order valence-electron chi connectivity index (χ0n) is 9.16. The fraction of sp³-hybridized carbons (Fsp3) is 0.636. The molecule has 78 valence electrons. The highest BCUT2D eigenvalue weighted by Crippen LogP contribution is 2.17. The van der Waals surface area contributed by atoms with Crippen molar-refractivity contribution in [2.24, 2.45) is 5.41 Å². The van der Waals surface area contributed by atoms with Crippen LogP contribution in [-0.4, -0.2) is 15.3 Å². The van der Waals surface area contributed by atoms with Gasteiger partial charge in [0.25, 0.3) is 0 Å². The van der Waals surface area contributed by atoms with E-state index in [9.17, 15) is 4.79 Å². The smallest absolute Gasteiger partial charge is 0.138 e. The standard InChI is InChI=1S/C11H18N2O/c1-11(2,3)10(14)5-4-7-13-8-6-12-9-13/h6,8-9H,4-5,7H2,1-3H3. The van der Waals surface area contributed by atoms with Crippen LogP contribution in [0.3, 0.4) is 0 Å². The second-order valence-electron chi connectivity index (χ2n) is 4.58. The van der Waals surface area contributed by atoms with Crippen molar-refractivity contribution in [2.75, 3.05) is 0 Å². The second-order valence-corrected chi connectivity index (χ2v) is 4.58. The minimum atomic E-state index is -0.199. The Morgan fingerprint density at radius 2 is 2.14 bits per heavy atom. The van der Waals surface area contributed by atoms with Gasteiger partial charge in [0.15, 0.2) is 0 Å². The number of rotatable bonds is 4. The summed E-state index contributed by atoms with van der Waals surface area (Å²) in [4.78, 5) is 15.5. The Balaban J connectivity index is 2.26. The number of nitrogens with zero attached hydrogens (tertiary/aromatic N) is 2.